The molecular formula is C8H15NO4. The SMILES string of the molecule is OC[C@@H]1C[C@@]2(NO)C[C@H]1[C@@H](O)[C@H]2O. The molecule has 0 saturated heterocycles. The van der Waals surface area contributed by atoms with Crippen LogP contribution in [-0.2, 0) is 0 Å². The molecule has 0 aromatic carbocycles. The fourth-order valence-corrected chi connectivity index (χ4v) is 2.85. The van der Waals surface area contributed by atoms with Gasteiger partial charge in [0.25, 0.3) is 0 Å². The van der Waals surface area contributed by atoms with Crippen molar-refractivity contribution >= 4 is 0 Å². The van der Waals surface area contributed by atoms with Crippen molar-refractivity contribution in [2.24, 2.45) is 11.8 Å². The van der Waals surface area contributed by atoms with Crippen LogP contribution in [0.5, 0.6) is 0 Å². The third-order valence-electron chi connectivity index (χ3n) is 3.62. The molecule has 0 heterocycles. The molecule has 0 spiro atoms. The molecule has 13 heavy (non-hydrogen) atoms. The van der Waals surface area contributed by atoms with E-state index in [4.69, 9.17) is 10.3 Å². The predicted octanol–water partition coefficient (Wildman–Crippen LogP) is -1.54. The predicted molar refractivity (Wildman–Crippen MR) is 43.0 cm³/mol. The highest BCUT2D eigenvalue weighted by Crippen LogP contribution is 2.50. The highest BCUT2D eigenvalue weighted by molar-refractivity contribution is 5.14. The molecule has 2 aliphatic rings. The van der Waals surface area contributed by atoms with Gasteiger partial charge in [0.1, 0.15) is 6.10 Å². The lowest BCUT2D eigenvalue weighted by Crippen LogP contribution is -2.55. The Kier molecular flexibility index (Phi) is 2.08. The van der Waals surface area contributed by atoms with Crippen molar-refractivity contribution in [2.75, 3.05) is 6.61 Å². The Bertz CT molecular complexity index is 206. The van der Waals surface area contributed by atoms with Gasteiger partial charge in [0.2, 0.25) is 0 Å². The van der Waals surface area contributed by atoms with Crippen LogP contribution in [0.1, 0.15) is 12.8 Å². The quantitative estimate of drug-likeness (QED) is 0.339. The van der Waals surface area contributed by atoms with Gasteiger partial charge < -0.3 is 20.5 Å². The lowest BCUT2D eigenvalue weighted by molar-refractivity contribution is -0.0875. The summed E-state index contributed by atoms with van der Waals surface area (Å²) in [5, 5.41) is 37.1. The summed E-state index contributed by atoms with van der Waals surface area (Å²) >= 11 is 0. The van der Waals surface area contributed by atoms with Gasteiger partial charge in [0, 0.05) is 6.61 Å². The molecule has 2 bridgehead atoms. The Morgan fingerprint density at radius 3 is 2.46 bits per heavy atom. The van der Waals surface area contributed by atoms with Crippen molar-refractivity contribution in [3.63, 3.8) is 0 Å². The summed E-state index contributed by atoms with van der Waals surface area (Å²) in [7, 11) is 0. The van der Waals surface area contributed by atoms with Crippen LogP contribution in [0.2, 0.25) is 0 Å². The number of hydroxylamine groups is 1. The molecule has 0 amide bonds. The second kappa shape index (κ2) is 2.90. The van der Waals surface area contributed by atoms with Gasteiger partial charge in [0.15, 0.2) is 0 Å². The van der Waals surface area contributed by atoms with Gasteiger partial charge in [-0.05, 0) is 24.7 Å². The van der Waals surface area contributed by atoms with Gasteiger partial charge in [-0.3, -0.25) is 0 Å². The molecule has 0 aliphatic heterocycles. The molecule has 5 nitrogen and oxygen atoms in total. The lowest BCUT2D eigenvalue weighted by Gasteiger charge is -2.35. The Balaban J connectivity index is 2.22. The van der Waals surface area contributed by atoms with E-state index in [2.05, 4.69) is 5.48 Å². The molecule has 5 atom stereocenters. The van der Waals surface area contributed by atoms with E-state index in [0.717, 1.165) is 0 Å². The van der Waals surface area contributed by atoms with Crippen molar-refractivity contribution in [1.82, 2.24) is 5.48 Å². The Morgan fingerprint density at radius 1 is 1.31 bits per heavy atom. The minimum Gasteiger partial charge on any atom is -0.396 e. The van der Waals surface area contributed by atoms with E-state index in [0.29, 0.717) is 12.8 Å². The summed E-state index contributed by atoms with van der Waals surface area (Å²) < 4.78 is 0. The summed E-state index contributed by atoms with van der Waals surface area (Å²) in [5.41, 5.74) is 1.30. The maximum Gasteiger partial charge on any atom is 0.100 e. The van der Waals surface area contributed by atoms with Crippen molar-refractivity contribution in [2.45, 2.75) is 30.6 Å². The van der Waals surface area contributed by atoms with Crippen molar-refractivity contribution in [3.05, 3.63) is 0 Å². The van der Waals surface area contributed by atoms with Crippen LogP contribution in [0.25, 0.3) is 0 Å². The van der Waals surface area contributed by atoms with Crippen molar-refractivity contribution < 1.29 is 20.5 Å². The standard InChI is InChI=1S/C8H15NO4/c10-3-4-1-8(9-13)2-5(4)6(11)7(8)12/h4-7,9-13H,1-3H2/t4-,5+,6+,7+,8+/m0/s1. The molecule has 0 aromatic heterocycles. The zero-order valence-electron chi connectivity index (χ0n) is 7.22. The van der Waals surface area contributed by atoms with Crippen LogP contribution in [0, 0.1) is 11.8 Å². The minimum atomic E-state index is -0.926. The third kappa shape index (κ3) is 1.05. The van der Waals surface area contributed by atoms with Crippen molar-refractivity contribution in [1.29, 1.82) is 0 Å². The van der Waals surface area contributed by atoms with E-state index in [9.17, 15) is 10.2 Å². The number of hydrogen-bond acceptors (Lipinski definition) is 5. The van der Waals surface area contributed by atoms with Crippen molar-refractivity contribution in [3.8, 4) is 0 Å². The maximum absolute atomic E-state index is 9.60. The van der Waals surface area contributed by atoms with Gasteiger partial charge >= 0.3 is 0 Å². The molecule has 0 aromatic rings. The largest absolute Gasteiger partial charge is 0.396 e. The third-order valence-corrected chi connectivity index (χ3v) is 3.62. The van der Waals surface area contributed by atoms with Gasteiger partial charge in [-0.25, -0.2) is 0 Å². The molecule has 2 fully saturated rings. The first-order chi connectivity index (χ1) is 6.14. The Hall–Kier alpha value is -0.200. The molecule has 5 heteroatoms. The van der Waals surface area contributed by atoms with E-state index < -0.39 is 17.7 Å². The highest BCUT2D eigenvalue weighted by Gasteiger charge is 2.61. The molecule has 5 N–H and O–H groups in total. The van der Waals surface area contributed by atoms with Gasteiger partial charge in [-0.15, -0.1) is 0 Å². The highest BCUT2D eigenvalue weighted by atomic mass is 16.5. The summed E-state index contributed by atoms with van der Waals surface area (Å²) in [6.07, 6.45) is -0.712. The molecule has 0 unspecified atom stereocenters. The van der Waals surface area contributed by atoms with E-state index in [1.807, 2.05) is 0 Å². The van der Waals surface area contributed by atoms with Gasteiger partial charge in [0.05, 0.1) is 11.6 Å². The first-order valence-electron chi connectivity index (χ1n) is 4.53. The van der Waals surface area contributed by atoms with Gasteiger partial charge in [-0.2, -0.15) is 5.48 Å². The lowest BCUT2D eigenvalue weighted by atomic mass is 9.82. The topological polar surface area (TPSA) is 93.0 Å². The minimum absolute atomic E-state index is 0.00211. The average molecular weight is 189 g/mol. The summed E-state index contributed by atoms with van der Waals surface area (Å²) in [6, 6.07) is 0. The van der Waals surface area contributed by atoms with Crippen LogP contribution in [-0.4, -0.2) is 44.9 Å². The van der Waals surface area contributed by atoms with E-state index in [-0.39, 0.29) is 18.4 Å². The fraction of sp³-hybridized carbons (Fsp3) is 1.00. The summed E-state index contributed by atoms with van der Waals surface area (Å²) in [5.74, 6) is -0.113. The molecular weight excluding hydrogens is 174 g/mol. The maximum atomic E-state index is 9.60. The normalized spacial score (nSPS) is 54.5. The van der Waals surface area contributed by atoms with Gasteiger partial charge in [-0.1, -0.05) is 0 Å². The monoisotopic (exact) mass is 189 g/mol. The van der Waals surface area contributed by atoms with Crippen LogP contribution < -0.4 is 5.48 Å². The second-order valence-electron chi connectivity index (χ2n) is 4.22. The number of rotatable bonds is 2. The zero-order chi connectivity index (χ0) is 9.64. The van der Waals surface area contributed by atoms with E-state index in [1.165, 1.54) is 0 Å². The summed E-state index contributed by atoms with van der Waals surface area (Å²) in [4.78, 5) is 0. The zero-order valence-corrected chi connectivity index (χ0v) is 7.22. The van der Waals surface area contributed by atoms with Crippen LogP contribution in [0.3, 0.4) is 0 Å². The van der Waals surface area contributed by atoms with Crippen LogP contribution >= 0.6 is 0 Å². The van der Waals surface area contributed by atoms with Crippen LogP contribution in [0.15, 0.2) is 0 Å². The molecule has 0 radical (unpaired) electrons. The molecule has 2 saturated carbocycles. The van der Waals surface area contributed by atoms with Crippen LogP contribution in [0.4, 0.5) is 0 Å². The molecule has 2 aliphatic carbocycles. The molecule has 76 valence electrons. The Labute approximate surface area is 76.0 Å². The number of aliphatic hydroxyl groups is 3. The number of aliphatic hydroxyl groups excluding tert-OH is 3. The summed E-state index contributed by atoms with van der Waals surface area (Å²) in [6.45, 7) is -0.00211. The smallest absolute Gasteiger partial charge is 0.100 e. The first-order valence-corrected chi connectivity index (χ1v) is 4.53. The van der Waals surface area contributed by atoms with E-state index >= 15 is 0 Å². The Morgan fingerprint density at radius 2 is 2.00 bits per heavy atom. The van der Waals surface area contributed by atoms with E-state index in [1.54, 1.807) is 0 Å². The number of nitrogens with one attached hydrogen (secondary N) is 1. The fourth-order valence-electron chi connectivity index (χ4n) is 2.85. The first kappa shape index (κ1) is 9.36. The number of fused-ring (bicyclic) bond motifs is 2. The number of hydrogen-bond donors (Lipinski definition) is 5. The second-order valence-corrected chi connectivity index (χ2v) is 4.22. The molecule has 2 rings (SSSR count). The average Bonchev–Trinajstić information content (AvgIpc) is 2.64.